The number of ketones is 1. The number of nitrogens with one attached hydrogen (secondary N) is 1. The predicted molar refractivity (Wildman–Crippen MR) is 214 cm³/mol. The first-order valence-electron chi connectivity index (χ1n) is 19.8. The first-order chi connectivity index (χ1) is 27.2. The van der Waals surface area contributed by atoms with E-state index >= 15 is 0 Å². The number of carbonyl (C=O) groups excluding carboxylic acids is 2. The number of carbonyl (C=O) groups is 2. The third-order valence-electron chi connectivity index (χ3n) is 11.1. The lowest BCUT2D eigenvalue weighted by molar-refractivity contribution is -0.0529. The first kappa shape index (κ1) is 41.9. The number of nitrogens with two attached hydrogens (primary N) is 1. The lowest BCUT2D eigenvalue weighted by Gasteiger charge is -2.54. The molecule has 2 fully saturated rings. The predicted octanol–water partition coefficient (Wildman–Crippen LogP) is 6.30. The highest BCUT2D eigenvalue weighted by Crippen LogP contribution is 2.45. The Hall–Kier alpha value is -4.75. The van der Waals surface area contributed by atoms with Crippen molar-refractivity contribution in [2.75, 3.05) is 13.1 Å². The average Bonchev–Trinajstić information content (AvgIpc) is 3.16. The van der Waals surface area contributed by atoms with Crippen LogP contribution in [-0.4, -0.2) is 69.2 Å². The summed E-state index contributed by atoms with van der Waals surface area (Å²) in [4.78, 5) is 42.4. The summed E-state index contributed by atoms with van der Waals surface area (Å²) < 4.78 is 41.0. The molecule has 4 aromatic rings. The van der Waals surface area contributed by atoms with E-state index in [0.717, 1.165) is 37.1 Å². The summed E-state index contributed by atoms with van der Waals surface area (Å²) >= 11 is 0. The maximum atomic E-state index is 14.2. The third kappa shape index (κ3) is 9.87. The van der Waals surface area contributed by atoms with E-state index in [0.29, 0.717) is 38.1 Å². The molecule has 2 aliphatic carbocycles. The minimum absolute atomic E-state index is 0.00605. The van der Waals surface area contributed by atoms with Gasteiger partial charge in [0, 0.05) is 49.4 Å². The molecule has 1 amide bonds. The molecule has 2 saturated carbocycles. The van der Waals surface area contributed by atoms with Crippen LogP contribution in [0.15, 0.2) is 89.9 Å². The molecule has 10 nitrogen and oxygen atoms in total. The van der Waals surface area contributed by atoms with Gasteiger partial charge in [-0.3, -0.25) is 14.4 Å². The fourth-order valence-electron chi connectivity index (χ4n) is 7.80. The van der Waals surface area contributed by atoms with Crippen molar-refractivity contribution in [1.82, 2.24) is 14.8 Å². The van der Waals surface area contributed by atoms with E-state index in [4.69, 9.17) is 15.2 Å². The molecular formula is C45H54F2N4O6. The number of nitrogens with zero attached hydrogens (tertiary/aromatic N) is 2. The molecule has 3 aliphatic rings. The smallest absolute Gasteiger partial charge is 0.274 e. The minimum atomic E-state index is -0.765. The number of halogens is 2. The minimum Gasteiger partial charge on any atom is -0.483 e. The Balaban J connectivity index is 0.000000255. The highest BCUT2D eigenvalue weighted by Gasteiger charge is 2.53. The second-order valence-corrected chi connectivity index (χ2v) is 16.4. The van der Waals surface area contributed by atoms with Gasteiger partial charge in [0.2, 0.25) is 5.43 Å². The summed E-state index contributed by atoms with van der Waals surface area (Å²) in [6.07, 6.45) is 3.54. The van der Waals surface area contributed by atoms with Crippen LogP contribution in [0.2, 0.25) is 0 Å². The van der Waals surface area contributed by atoms with Crippen LogP contribution < -0.4 is 21.2 Å². The van der Waals surface area contributed by atoms with Gasteiger partial charge in [-0.2, -0.15) is 0 Å². The molecule has 12 heteroatoms. The van der Waals surface area contributed by atoms with Crippen LogP contribution in [0.4, 0.5) is 8.78 Å². The van der Waals surface area contributed by atoms with Gasteiger partial charge in [-0.1, -0.05) is 80.6 Å². The van der Waals surface area contributed by atoms with Gasteiger partial charge in [-0.05, 0) is 68.7 Å². The zero-order valence-electron chi connectivity index (χ0n) is 33.2. The molecule has 0 bridgehead atoms. The summed E-state index contributed by atoms with van der Waals surface area (Å²) in [7, 11) is 0. The number of aromatic nitrogens is 1. The van der Waals surface area contributed by atoms with Gasteiger partial charge >= 0.3 is 0 Å². The van der Waals surface area contributed by atoms with Crippen molar-refractivity contribution in [3.63, 3.8) is 0 Å². The molecule has 1 spiro atoms. The number of hydrogen-bond acceptors (Lipinski definition) is 8. The molecule has 0 atom stereocenters. The number of aliphatic hydroxyl groups is 1. The van der Waals surface area contributed by atoms with E-state index in [-0.39, 0.29) is 59.5 Å². The van der Waals surface area contributed by atoms with Crippen LogP contribution >= 0.6 is 0 Å². The molecule has 2 heterocycles. The number of amides is 1. The van der Waals surface area contributed by atoms with Gasteiger partial charge in [0.25, 0.3) is 5.91 Å². The van der Waals surface area contributed by atoms with Gasteiger partial charge < -0.3 is 35.1 Å². The molecule has 0 unspecified atom stereocenters. The Labute approximate surface area is 333 Å². The van der Waals surface area contributed by atoms with Gasteiger partial charge in [-0.25, -0.2) is 8.78 Å². The van der Waals surface area contributed by atoms with Crippen molar-refractivity contribution in [1.29, 1.82) is 0 Å². The van der Waals surface area contributed by atoms with Gasteiger partial charge in [0.05, 0.1) is 29.9 Å². The largest absolute Gasteiger partial charge is 0.483 e. The third-order valence-corrected chi connectivity index (χ3v) is 11.1. The van der Waals surface area contributed by atoms with Gasteiger partial charge in [-0.15, -0.1) is 0 Å². The van der Waals surface area contributed by atoms with Crippen LogP contribution in [0.25, 0.3) is 0 Å². The molecule has 3 aromatic carbocycles. The zero-order chi connectivity index (χ0) is 40.9. The molecule has 1 aromatic heterocycles. The second-order valence-electron chi connectivity index (χ2n) is 16.4. The normalized spacial score (nSPS) is 22.4. The number of aliphatic hydroxyl groups excluding tert-OH is 1. The summed E-state index contributed by atoms with van der Waals surface area (Å²) in [5, 5.41) is 13.7. The van der Waals surface area contributed by atoms with Crippen LogP contribution in [0.5, 0.6) is 5.75 Å². The quantitative estimate of drug-likeness (QED) is 0.127. The fraction of sp³-hybridized carbons (Fsp3) is 0.444. The number of ether oxygens (including phenoxy) is 2. The van der Waals surface area contributed by atoms with Crippen molar-refractivity contribution >= 4 is 11.7 Å². The average molecular weight is 785 g/mol. The Morgan fingerprint density at radius 1 is 0.930 bits per heavy atom. The van der Waals surface area contributed by atoms with E-state index in [2.05, 4.69) is 31.3 Å². The topological polar surface area (TPSA) is 136 Å². The van der Waals surface area contributed by atoms with Crippen molar-refractivity contribution in [2.45, 2.75) is 115 Å². The highest BCUT2D eigenvalue weighted by molar-refractivity contribution is 6.00. The standard InChI is InChI=1S/C30H30F2N2O5.C15H24N2O/c1-18(2)33-17-30(13-22(35)14-30)34-15-23(25(36)11-9-20-8-10-21(31)12-24(20)32)27(37)28(26(34)29(33)38)39-16-19-6-4-3-5-7-19;1-12(2)17-11-15(16)8-14(9-15)18-10-13-6-4-3-5-7-13/h3-8,10,12,15,18,22,35H,9,11,13-14,16-17H2,1-2H3;3-7,12,14,17H,8-11,16H2,1-2H3. The summed E-state index contributed by atoms with van der Waals surface area (Å²) in [5.74, 6) is -2.63. The van der Waals surface area contributed by atoms with E-state index in [1.165, 1.54) is 17.8 Å². The molecule has 0 saturated heterocycles. The SMILES string of the molecule is CC(C)N1CC2(CC(O)C2)n2cc(C(=O)CCc3ccc(F)cc3F)c(=O)c(OCc3ccccc3)c2C1=O.CC(C)NCC1(N)CC(OCc2ccccc2)C1. The molecule has 0 radical (unpaired) electrons. The number of aryl methyl sites for hydroxylation is 1. The molecule has 57 heavy (non-hydrogen) atoms. The van der Waals surface area contributed by atoms with Crippen molar-refractivity contribution in [2.24, 2.45) is 5.73 Å². The fourth-order valence-corrected chi connectivity index (χ4v) is 7.80. The molecule has 304 valence electrons. The number of fused-ring (bicyclic) bond motifs is 2. The number of benzene rings is 3. The molecule has 1 aliphatic heterocycles. The van der Waals surface area contributed by atoms with Crippen molar-refractivity contribution in [3.8, 4) is 5.75 Å². The zero-order valence-corrected chi connectivity index (χ0v) is 33.2. The van der Waals surface area contributed by atoms with E-state index in [1.807, 2.05) is 62.4 Å². The van der Waals surface area contributed by atoms with Crippen LogP contribution in [0.3, 0.4) is 0 Å². The lowest BCUT2D eigenvalue weighted by atomic mass is 9.71. The highest BCUT2D eigenvalue weighted by atomic mass is 19.1. The van der Waals surface area contributed by atoms with E-state index in [1.54, 1.807) is 9.47 Å². The number of hydrogen-bond donors (Lipinski definition) is 3. The maximum absolute atomic E-state index is 14.2. The van der Waals surface area contributed by atoms with Gasteiger partial charge in [0.15, 0.2) is 17.2 Å². The first-order valence-corrected chi connectivity index (χ1v) is 19.8. The van der Waals surface area contributed by atoms with E-state index < -0.39 is 34.5 Å². The Morgan fingerprint density at radius 3 is 2.14 bits per heavy atom. The molecule has 4 N–H and O–H groups in total. The lowest BCUT2D eigenvalue weighted by Crippen LogP contribution is -2.63. The second kappa shape index (κ2) is 17.8. The number of rotatable bonds is 14. The Kier molecular flexibility index (Phi) is 13.1. The Morgan fingerprint density at radius 2 is 1.56 bits per heavy atom. The summed E-state index contributed by atoms with van der Waals surface area (Å²) in [5.41, 5.74) is 6.85. The molecular weight excluding hydrogens is 731 g/mol. The number of Topliss-reactive ketones (excluding diaryl/α,β-unsaturated/α-hetero) is 1. The van der Waals surface area contributed by atoms with Crippen molar-refractivity contribution < 1.29 is 33.0 Å². The van der Waals surface area contributed by atoms with Crippen molar-refractivity contribution in [3.05, 3.63) is 135 Å². The van der Waals surface area contributed by atoms with Crippen LogP contribution in [0, 0.1) is 11.6 Å². The monoisotopic (exact) mass is 784 g/mol. The van der Waals surface area contributed by atoms with Crippen LogP contribution in [0.1, 0.15) is 97.3 Å². The summed E-state index contributed by atoms with van der Waals surface area (Å²) in [6.45, 7) is 9.96. The van der Waals surface area contributed by atoms with Gasteiger partial charge in [0.1, 0.15) is 18.2 Å². The number of pyridine rings is 1. The van der Waals surface area contributed by atoms with Crippen LogP contribution in [-0.2, 0) is 29.9 Å². The van der Waals surface area contributed by atoms with E-state index in [9.17, 15) is 28.3 Å². The summed E-state index contributed by atoms with van der Waals surface area (Å²) in [6, 6.07) is 22.9. The maximum Gasteiger partial charge on any atom is 0.274 e. The Bertz CT molecular complexity index is 2080. The molecule has 7 rings (SSSR count).